The van der Waals surface area contributed by atoms with Crippen LogP contribution in [-0.2, 0) is 13.0 Å². The number of aliphatic imine (C=N–C) groups is 1. The molecule has 26 heavy (non-hydrogen) atoms. The molecule has 0 radical (unpaired) electrons. The van der Waals surface area contributed by atoms with Gasteiger partial charge in [-0.2, -0.15) is 0 Å². The van der Waals surface area contributed by atoms with Gasteiger partial charge >= 0.3 is 0 Å². The van der Waals surface area contributed by atoms with E-state index >= 15 is 0 Å². The third-order valence-electron chi connectivity index (χ3n) is 3.53. The lowest BCUT2D eigenvalue weighted by Crippen LogP contribution is -2.38. The van der Waals surface area contributed by atoms with Gasteiger partial charge in [0.2, 0.25) is 0 Å². The molecule has 2 N–H and O–H groups in total. The van der Waals surface area contributed by atoms with Crippen molar-refractivity contribution in [2.45, 2.75) is 19.9 Å². The Bertz CT molecular complexity index is 672. The molecule has 0 aliphatic heterocycles. The second kappa shape index (κ2) is 11.9. The number of guanidine groups is 1. The first-order valence-electron chi connectivity index (χ1n) is 8.39. The molecular formula is C18H28IN5OS. The number of halogens is 1. The van der Waals surface area contributed by atoms with Crippen LogP contribution in [0.2, 0.25) is 0 Å². The highest BCUT2D eigenvalue weighted by molar-refractivity contribution is 14.0. The Morgan fingerprint density at radius 3 is 2.54 bits per heavy atom. The van der Waals surface area contributed by atoms with Gasteiger partial charge in [-0.15, -0.1) is 35.3 Å². The van der Waals surface area contributed by atoms with E-state index in [0.717, 1.165) is 42.0 Å². The third-order valence-corrected chi connectivity index (χ3v) is 4.59. The molecule has 0 saturated heterocycles. The molecule has 0 fully saturated rings. The van der Waals surface area contributed by atoms with E-state index in [-0.39, 0.29) is 24.0 Å². The van der Waals surface area contributed by atoms with Crippen LogP contribution < -0.4 is 20.3 Å². The average Bonchev–Trinajstić information content (AvgIpc) is 3.09. The Hall–Kier alpha value is -1.55. The molecule has 1 aromatic carbocycles. The molecule has 0 unspecified atom stereocenters. The molecule has 0 aliphatic rings. The number of nitrogens with zero attached hydrogens (tertiary/aromatic N) is 3. The van der Waals surface area contributed by atoms with Crippen molar-refractivity contribution in [1.29, 1.82) is 0 Å². The molecule has 6 nitrogen and oxygen atoms in total. The largest absolute Gasteiger partial charge is 0.497 e. The van der Waals surface area contributed by atoms with Crippen molar-refractivity contribution in [3.05, 3.63) is 40.9 Å². The van der Waals surface area contributed by atoms with Crippen LogP contribution in [0.3, 0.4) is 0 Å². The highest BCUT2D eigenvalue weighted by atomic mass is 127. The van der Waals surface area contributed by atoms with Gasteiger partial charge in [-0.1, -0.05) is 12.1 Å². The van der Waals surface area contributed by atoms with E-state index in [1.807, 2.05) is 31.1 Å². The molecule has 0 atom stereocenters. The predicted octanol–water partition coefficient (Wildman–Crippen LogP) is 3.13. The van der Waals surface area contributed by atoms with Crippen LogP contribution in [0, 0.1) is 0 Å². The van der Waals surface area contributed by atoms with Crippen molar-refractivity contribution in [1.82, 2.24) is 15.6 Å². The minimum Gasteiger partial charge on any atom is -0.497 e. The van der Waals surface area contributed by atoms with Crippen LogP contribution in [0.5, 0.6) is 5.75 Å². The molecule has 0 spiro atoms. The van der Waals surface area contributed by atoms with Gasteiger partial charge in [0.1, 0.15) is 5.75 Å². The number of ether oxygens (including phenoxy) is 1. The van der Waals surface area contributed by atoms with Crippen LogP contribution in [0.25, 0.3) is 0 Å². The second-order valence-electron chi connectivity index (χ2n) is 5.74. The quantitative estimate of drug-likeness (QED) is 0.339. The SMILES string of the molecule is CCNC(=NCc1csc(N(C)C)n1)NCCc1ccc(OC)cc1.I. The fraction of sp³-hybridized carbons (Fsp3) is 0.444. The smallest absolute Gasteiger partial charge is 0.191 e. The zero-order valence-corrected chi connectivity index (χ0v) is 18.9. The van der Waals surface area contributed by atoms with Crippen molar-refractivity contribution >= 4 is 46.4 Å². The lowest BCUT2D eigenvalue weighted by Gasteiger charge is -2.11. The van der Waals surface area contributed by atoms with Crippen molar-refractivity contribution in [3.63, 3.8) is 0 Å². The summed E-state index contributed by atoms with van der Waals surface area (Å²) in [7, 11) is 5.67. The summed E-state index contributed by atoms with van der Waals surface area (Å²) in [5, 5.41) is 9.70. The number of hydrogen-bond acceptors (Lipinski definition) is 5. The van der Waals surface area contributed by atoms with Crippen LogP contribution in [0.15, 0.2) is 34.6 Å². The number of aromatic nitrogens is 1. The average molecular weight is 489 g/mol. The predicted molar refractivity (Wildman–Crippen MR) is 121 cm³/mol. The molecule has 144 valence electrons. The first-order valence-corrected chi connectivity index (χ1v) is 9.27. The molecule has 8 heteroatoms. The monoisotopic (exact) mass is 489 g/mol. The molecule has 2 aromatic rings. The third kappa shape index (κ3) is 7.36. The number of benzene rings is 1. The molecule has 1 heterocycles. The summed E-state index contributed by atoms with van der Waals surface area (Å²) >= 11 is 1.64. The van der Waals surface area contributed by atoms with Crippen LogP contribution in [0.1, 0.15) is 18.2 Å². The van der Waals surface area contributed by atoms with Gasteiger partial charge in [0.25, 0.3) is 0 Å². The van der Waals surface area contributed by atoms with Crippen molar-refractivity contribution in [2.24, 2.45) is 4.99 Å². The fourth-order valence-corrected chi connectivity index (χ4v) is 2.94. The second-order valence-corrected chi connectivity index (χ2v) is 6.57. The molecule has 0 aliphatic carbocycles. The molecule has 0 bridgehead atoms. The number of rotatable bonds is 8. The Labute approximate surface area is 177 Å². The topological polar surface area (TPSA) is 61.8 Å². The maximum absolute atomic E-state index is 5.18. The molecule has 2 rings (SSSR count). The lowest BCUT2D eigenvalue weighted by atomic mass is 10.1. The Morgan fingerprint density at radius 2 is 1.96 bits per heavy atom. The maximum atomic E-state index is 5.18. The molecule has 0 amide bonds. The summed E-state index contributed by atoms with van der Waals surface area (Å²) in [5.74, 6) is 1.70. The number of anilines is 1. The summed E-state index contributed by atoms with van der Waals surface area (Å²) in [5.41, 5.74) is 2.25. The van der Waals surface area contributed by atoms with E-state index in [4.69, 9.17) is 4.74 Å². The van der Waals surface area contributed by atoms with E-state index in [1.54, 1.807) is 18.4 Å². The maximum Gasteiger partial charge on any atom is 0.191 e. The zero-order chi connectivity index (χ0) is 18.1. The normalized spacial score (nSPS) is 10.8. The number of nitrogens with one attached hydrogen (secondary N) is 2. The highest BCUT2D eigenvalue weighted by Crippen LogP contribution is 2.18. The summed E-state index contributed by atoms with van der Waals surface area (Å²) < 4.78 is 5.18. The van der Waals surface area contributed by atoms with Gasteiger partial charge < -0.3 is 20.3 Å². The highest BCUT2D eigenvalue weighted by Gasteiger charge is 2.04. The van der Waals surface area contributed by atoms with Crippen molar-refractivity contribution in [3.8, 4) is 5.75 Å². The molecular weight excluding hydrogens is 461 g/mol. The van der Waals surface area contributed by atoms with Gasteiger partial charge in [-0.05, 0) is 31.0 Å². The van der Waals surface area contributed by atoms with Gasteiger partial charge in [-0.3, -0.25) is 0 Å². The van der Waals surface area contributed by atoms with E-state index in [9.17, 15) is 0 Å². The van der Waals surface area contributed by atoms with E-state index in [1.165, 1.54) is 5.56 Å². The Kier molecular flexibility index (Phi) is 10.3. The van der Waals surface area contributed by atoms with Crippen LogP contribution >= 0.6 is 35.3 Å². The zero-order valence-electron chi connectivity index (χ0n) is 15.8. The molecule has 0 saturated carbocycles. The van der Waals surface area contributed by atoms with Crippen molar-refractivity contribution in [2.75, 3.05) is 39.2 Å². The lowest BCUT2D eigenvalue weighted by molar-refractivity contribution is 0.414. The first kappa shape index (κ1) is 22.5. The fourth-order valence-electron chi connectivity index (χ4n) is 2.19. The van der Waals surface area contributed by atoms with Gasteiger partial charge in [0.05, 0.1) is 19.3 Å². The summed E-state index contributed by atoms with van der Waals surface area (Å²) in [4.78, 5) is 11.2. The van der Waals surface area contributed by atoms with E-state index in [2.05, 4.69) is 45.0 Å². The van der Waals surface area contributed by atoms with Crippen LogP contribution in [-0.4, -0.2) is 45.2 Å². The van der Waals surface area contributed by atoms with Crippen molar-refractivity contribution < 1.29 is 4.74 Å². The van der Waals surface area contributed by atoms with E-state index in [0.29, 0.717) is 6.54 Å². The minimum absolute atomic E-state index is 0. The Morgan fingerprint density at radius 1 is 1.23 bits per heavy atom. The number of thiazole rings is 1. The Balaban J connectivity index is 0.00000338. The van der Waals surface area contributed by atoms with Gasteiger partial charge in [0, 0.05) is 32.6 Å². The summed E-state index contributed by atoms with van der Waals surface area (Å²) in [6, 6.07) is 8.14. The van der Waals surface area contributed by atoms with Crippen LogP contribution in [0.4, 0.5) is 5.13 Å². The van der Waals surface area contributed by atoms with Gasteiger partial charge in [0.15, 0.2) is 11.1 Å². The standard InChI is InChI=1S/C18H27N5OS.HI/c1-5-19-17(21-12-15-13-25-18(22-15)23(2)3)20-11-10-14-6-8-16(24-4)9-7-14;/h6-9,13H,5,10-12H2,1-4H3,(H2,19,20,21);1H. The first-order chi connectivity index (χ1) is 12.1. The van der Waals surface area contributed by atoms with Gasteiger partial charge in [-0.25, -0.2) is 9.98 Å². The summed E-state index contributed by atoms with van der Waals surface area (Å²) in [6.07, 6.45) is 0.926. The summed E-state index contributed by atoms with van der Waals surface area (Å²) in [6.45, 7) is 4.28. The number of hydrogen-bond donors (Lipinski definition) is 2. The number of methoxy groups -OCH3 is 1. The molecule has 1 aromatic heterocycles. The minimum atomic E-state index is 0. The van der Waals surface area contributed by atoms with E-state index < -0.39 is 0 Å².